The number of nitrogens with zero attached hydrogens (tertiary/aromatic N) is 3. The van der Waals surface area contributed by atoms with Gasteiger partial charge in [0.1, 0.15) is 23.5 Å². The summed E-state index contributed by atoms with van der Waals surface area (Å²) in [5.41, 5.74) is 3.97. The van der Waals surface area contributed by atoms with Gasteiger partial charge in [0.15, 0.2) is 0 Å². The van der Waals surface area contributed by atoms with Crippen LogP contribution in [-0.2, 0) is 6.54 Å². The van der Waals surface area contributed by atoms with E-state index >= 15 is 0 Å². The Kier molecular flexibility index (Phi) is 3.82. The number of phenolic OH excluding ortho intramolecular Hbond substituents is 1. The molecular weight excluding hydrogens is 312 g/mol. The number of hydrogen-bond donors (Lipinski definition) is 2. The van der Waals surface area contributed by atoms with Crippen molar-refractivity contribution in [2.75, 3.05) is 11.9 Å². The largest absolute Gasteiger partial charge is 0.508 e. The molecule has 0 bridgehead atoms. The molecule has 5 heteroatoms. The molecule has 25 heavy (non-hydrogen) atoms. The molecule has 0 radical (unpaired) electrons. The molecule has 2 heterocycles. The minimum atomic E-state index is 0.253. The van der Waals surface area contributed by atoms with E-state index in [-0.39, 0.29) is 5.75 Å². The van der Waals surface area contributed by atoms with Gasteiger partial charge in [-0.3, -0.25) is 0 Å². The van der Waals surface area contributed by atoms with Crippen LogP contribution >= 0.6 is 0 Å². The third-order valence-electron chi connectivity index (χ3n) is 4.21. The number of hydrogen-bond acceptors (Lipinski definition) is 4. The van der Waals surface area contributed by atoms with Crippen molar-refractivity contribution in [3.63, 3.8) is 0 Å². The Hall–Kier alpha value is -3.34. The minimum Gasteiger partial charge on any atom is -0.508 e. The van der Waals surface area contributed by atoms with E-state index in [1.807, 2.05) is 37.4 Å². The molecule has 2 aromatic heterocycles. The van der Waals surface area contributed by atoms with Crippen molar-refractivity contribution in [2.45, 2.75) is 6.54 Å². The van der Waals surface area contributed by atoms with Crippen molar-refractivity contribution in [1.29, 1.82) is 0 Å². The lowest BCUT2D eigenvalue weighted by atomic mass is 10.1. The zero-order valence-electron chi connectivity index (χ0n) is 13.8. The summed E-state index contributed by atoms with van der Waals surface area (Å²) in [6, 6.07) is 19.5. The summed E-state index contributed by atoms with van der Waals surface area (Å²) < 4.78 is 0. The number of phenols is 1. The highest BCUT2D eigenvalue weighted by Crippen LogP contribution is 2.29. The van der Waals surface area contributed by atoms with Crippen LogP contribution in [0.3, 0.4) is 0 Å². The number of rotatable bonds is 4. The first kappa shape index (κ1) is 15.2. The van der Waals surface area contributed by atoms with Crippen LogP contribution in [0.2, 0.25) is 0 Å². The second-order valence-electron chi connectivity index (χ2n) is 6.03. The Bertz CT molecular complexity index is 993. The molecule has 4 aromatic rings. The number of fused-ring (bicyclic) bond motifs is 1. The Morgan fingerprint density at radius 2 is 1.76 bits per heavy atom. The molecule has 0 saturated heterocycles. The molecule has 0 spiro atoms. The molecule has 2 aromatic carbocycles. The van der Waals surface area contributed by atoms with E-state index in [0.717, 1.165) is 34.7 Å². The highest BCUT2D eigenvalue weighted by molar-refractivity contribution is 5.91. The van der Waals surface area contributed by atoms with E-state index < -0.39 is 0 Å². The molecule has 5 nitrogen and oxygen atoms in total. The first-order chi connectivity index (χ1) is 12.2. The summed E-state index contributed by atoms with van der Waals surface area (Å²) in [7, 11) is 2.03. The van der Waals surface area contributed by atoms with Gasteiger partial charge in [-0.05, 0) is 41.5 Å². The average molecular weight is 330 g/mol. The molecular formula is C20H18N4O. The van der Waals surface area contributed by atoms with Crippen LogP contribution in [0.5, 0.6) is 5.75 Å². The fourth-order valence-corrected chi connectivity index (χ4v) is 2.96. The smallest absolute Gasteiger partial charge is 0.143 e. The lowest BCUT2D eigenvalue weighted by molar-refractivity contribution is 0.475. The number of aromatic nitrogens is 3. The van der Waals surface area contributed by atoms with Crippen molar-refractivity contribution in [3.05, 3.63) is 72.6 Å². The van der Waals surface area contributed by atoms with E-state index in [4.69, 9.17) is 0 Å². The van der Waals surface area contributed by atoms with Gasteiger partial charge < -0.3 is 15.0 Å². The predicted molar refractivity (Wildman–Crippen MR) is 99.5 cm³/mol. The molecule has 0 unspecified atom stereocenters. The quantitative estimate of drug-likeness (QED) is 0.594. The van der Waals surface area contributed by atoms with Crippen LogP contribution in [0.15, 0.2) is 67.0 Å². The molecule has 0 saturated carbocycles. The lowest BCUT2D eigenvalue weighted by Crippen LogP contribution is -2.17. The second-order valence-corrected chi connectivity index (χ2v) is 6.03. The number of anilines is 1. The standard InChI is InChI=1S/C20H18N4O/c1-24(12-14-5-3-2-4-6-14)20-17-11-18(23-19(17)21-13-22-20)15-7-9-16(25)10-8-15/h2-11,13,25H,12H2,1H3,(H,21,22,23). The summed E-state index contributed by atoms with van der Waals surface area (Å²) in [5, 5.41) is 10.4. The summed E-state index contributed by atoms with van der Waals surface area (Å²) >= 11 is 0. The van der Waals surface area contributed by atoms with Crippen LogP contribution in [-0.4, -0.2) is 27.1 Å². The third kappa shape index (κ3) is 3.04. The van der Waals surface area contributed by atoms with Crippen molar-refractivity contribution < 1.29 is 5.11 Å². The van der Waals surface area contributed by atoms with Crippen molar-refractivity contribution in [2.24, 2.45) is 0 Å². The van der Waals surface area contributed by atoms with Crippen LogP contribution in [0.1, 0.15) is 5.56 Å². The molecule has 0 aliphatic carbocycles. The van der Waals surface area contributed by atoms with Gasteiger partial charge in [-0.15, -0.1) is 0 Å². The lowest BCUT2D eigenvalue weighted by Gasteiger charge is -2.18. The Labute approximate surface area is 145 Å². The van der Waals surface area contributed by atoms with Crippen LogP contribution < -0.4 is 4.90 Å². The predicted octanol–water partition coefficient (Wildman–Crippen LogP) is 3.97. The SMILES string of the molecule is CN(Cc1ccccc1)c1ncnc2[nH]c(-c3ccc(O)cc3)cc12. The van der Waals surface area contributed by atoms with E-state index in [1.165, 1.54) is 5.56 Å². The molecule has 0 fully saturated rings. The molecule has 2 N–H and O–H groups in total. The maximum absolute atomic E-state index is 9.46. The topological polar surface area (TPSA) is 65.0 Å². The van der Waals surface area contributed by atoms with E-state index in [1.54, 1.807) is 18.5 Å². The summed E-state index contributed by atoms with van der Waals surface area (Å²) in [6.07, 6.45) is 1.58. The van der Waals surface area contributed by atoms with Gasteiger partial charge in [0, 0.05) is 19.3 Å². The maximum atomic E-state index is 9.46. The van der Waals surface area contributed by atoms with Crippen LogP contribution in [0.4, 0.5) is 5.82 Å². The van der Waals surface area contributed by atoms with Gasteiger partial charge in [-0.25, -0.2) is 9.97 Å². The van der Waals surface area contributed by atoms with Crippen molar-refractivity contribution >= 4 is 16.9 Å². The first-order valence-corrected chi connectivity index (χ1v) is 8.09. The maximum Gasteiger partial charge on any atom is 0.143 e. The monoisotopic (exact) mass is 330 g/mol. The summed E-state index contributed by atoms with van der Waals surface area (Å²) in [6.45, 7) is 0.771. The number of nitrogens with one attached hydrogen (secondary N) is 1. The van der Waals surface area contributed by atoms with Gasteiger partial charge in [-0.2, -0.15) is 0 Å². The molecule has 4 rings (SSSR count). The van der Waals surface area contributed by atoms with Gasteiger partial charge in [0.25, 0.3) is 0 Å². The average Bonchev–Trinajstić information content (AvgIpc) is 3.07. The minimum absolute atomic E-state index is 0.253. The molecule has 0 atom stereocenters. The van der Waals surface area contributed by atoms with E-state index in [0.29, 0.717) is 0 Å². The highest BCUT2D eigenvalue weighted by atomic mass is 16.3. The van der Waals surface area contributed by atoms with E-state index in [9.17, 15) is 5.11 Å². The normalized spacial score (nSPS) is 10.9. The highest BCUT2D eigenvalue weighted by Gasteiger charge is 2.13. The first-order valence-electron chi connectivity index (χ1n) is 8.09. The number of benzene rings is 2. The Balaban J connectivity index is 1.71. The Morgan fingerprint density at radius 3 is 2.52 bits per heavy atom. The van der Waals surface area contributed by atoms with Crippen LogP contribution in [0, 0.1) is 0 Å². The van der Waals surface area contributed by atoms with Gasteiger partial charge in [-0.1, -0.05) is 30.3 Å². The fraction of sp³-hybridized carbons (Fsp3) is 0.100. The molecule has 0 aliphatic heterocycles. The van der Waals surface area contributed by atoms with Crippen LogP contribution in [0.25, 0.3) is 22.3 Å². The second kappa shape index (κ2) is 6.28. The number of aromatic hydroxyl groups is 1. The third-order valence-corrected chi connectivity index (χ3v) is 4.21. The van der Waals surface area contributed by atoms with Gasteiger partial charge in [0.2, 0.25) is 0 Å². The zero-order valence-corrected chi connectivity index (χ0v) is 13.8. The molecule has 0 amide bonds. The Morgan fingerprint density at radius 1 is 1.00 bits per heavy atom. The number of aromatic amines is 1. The van der Waals surface area contributed by atoms with Crippen molar-refractivity contribution in [1.82, 2.24) is 15.0 Å². The molecule has 0 aliphatic rings. The van der Waals surface area contributed by atoms with Gasteiger partial charge >= 0.3 is 0 Å². The summed E-state index contributed by atoms with van der Waals surface area (Å²) in [5.74, 6) is 1.14. The van der Waals surface area contributed by atoms with Gasteiger partial charge in [0.05, 0.1) is 5.39 Å². The zero-order chi connectivity index (χ0) is 17.2. The molecule has 124 valence electrons. The summed E-state index contributed by atoms with van der Waals surface area (Å²) in [4.78, 5) is 14.3. The van der Waals surface area contributed by atoms with Crippen molar-refractivity contribution in [3.8, 4) is 17.0 Å². The van der Waals surface area contributed by atoms with E-state index in [2.05, 4.69) is 38.1 Å². The number of H-pyrrole nitrogens is 1. The fourth-order valence-electron chi connectivity index (χ4n) is 2.96.